The van der Waals surface area contributed by atoms with Gasteiger partial charge in [-0.2, -0.15) is 13.2 Å². The summed E-state index contributed by atoms with van der Waals surface area (Å²) in [6, 6.07) is 11.5. The average molecular weight is 444 g/mol. The molecule has 0 radical (unpaired) electrons. The zero-order valence-electron chi connectivity index (χ0n) is 16.6. The van der Waals surface area contributed by atoms with E-state index in [2.05, 4.69) is 5.32 Å². The van der Waals surface area contributed by atoms with Gasteiger partial charge in [-0.3, -0.25) is 9.59 Å². The molecule has 8 heteroatoms. The van der Waals surface area contributed by atoms with E-state index in [1.807, 2.05) is 11.4 Å². The third kappa shape index (κ3) is 4.20. The van der Waals surface area contributed by atoms with E-state index < -0.39 is 23.2 Å². The predicted molar refractivity (Wildman–Crippen MR) is 113 cm³/mol. The summed E-state index contributed by atoms with van der Waals surface area (Å²) in [5.41, 5.74) is 0.906. The Balaban J connectivity index is 1.58. The fraction of sp³-hybridized carbons (Fsp3) is 0.217. The van der Waals surface area contributed by atoms with E-state index in [9.17, 15) is 22.8 Å². The minimum absolute atomic E-state index is 0.166. The van der Waals surface area contributed by atoms with Gasteiger partial charge in [0, 0.05) is 29.2 Å². The van der Waals surface area contributed by atoms with Gasteiger partial charge < -0.3 is 10.2 Å². The van der Waals surface area contributed by atoms with Gasteiger partial charge >= 0.3 is 6.18 Å². The largest absolute Gasteiger partial charge is 0.417 e. The van der Waals surface area contributed by atoms with Crippen molar-refractivity contribution in [3.63, 3.8) is 0 Å². The van der Waals surface area contributed by atoms with E-state index in [0.29, 0.717) is 29.9 Å². The molecule has 1 aliphatic rings. The van der Waals surface area contributed by atoms with Crippen molar-refractivity contribution in [2.45, 2.75) is 26.1 Å². The number of alkyl halides is 3. The van der Waals surface area contributed by atoms with Gasteiger partial charge in [0.2, 0.25) is 0 Å². The van der Waals surface area contributed by atoms with Crippen LogP contribution in [0.25, 0.3) is 0 Å². The number of thiophene rings is 1. The maximum absolute atomic E-state index is 13.3. The summed E-state index contributed by atoms with van der Waals surface area (Å²) >= 11 is 1.68. The van der Waals surface area contributed by atoms with Crippen molar-refractivity contribution in [2.75, 3.05) is 11.9 Å². The Morgan fingerprint density at radius 2 is 1.77 bits per heavy atom. The number of carbonyl (C=O) groups is 2. The van der Waals surface area contributed by atoms with Gasteiger partial charge in [0.05, 0.1) is 11.1 Å². The summed E-state index contributed by atoms with van der Waals surface area (Å²) in [5, 5.41) is 4.55. The molecule has 1 N–H and O–H groups in total. The number of carbonyl (C=O) groups excluding carboxylic acids is 2. The van der Waals surface area contributed by atoms with Crippen LogP contribution in [0.1, 0.15) is 42.3 Å². The van der Waals surface area contributed by atoms with Gasteiger partial charge in [0.25, 0.3) is 11.8 Å². The summed E-state index contributed by atoms with van der Waals surface area (Å²) in [6.07, 6.45) is -3.85. The molecule has 160 valence electrons. The quantitative estimate of drug-likeness (QED) is 0.578. The van der Waals surface area contributed by atoms with Crippen LogP contribution in [-0.2, 0) is 19.1 Å². The first kappa shape index (κ1) is 21.1. The van der Waals surface area contributed by atoms with Crippen molar-refractivity contribution in [3.05, 3.63) is 86.6 Å². The summed E-state index contributed by atoms with van der Waals surface area (Å²) in [4.78, 5) is 28.8. The topological polar surface area (TPSA) is 49.4 Å². The fourth-order valence-electron chi connectivity index (χ4n) is 3.71. The summed E-state index contributed by atoms with van der Waals surface area (Å²) < 4.78 is 39.8. The lowest BCUT2D eigenvalue weighted by Crippen LogP contribution is -2.35. The number of nitrogens with one attached hydrogen (secondary N) is 1. The van der Waals surface area contributed by atoms with Crippen molar-refractivity contribution < 1.29 is 22.8 Å². The Labute approximate surface area is 181 Å². The number of nitrogens with zero attached hydrogens (tertiary/aromatic N) is 1. The van der Waals surface area contributed by atoms with Crippen LogP contribution < -0.4 is 5.32 Å². The Hall–Kier alpha value is -3.13. The SMILES string of the molecule is Cc1c(NC(=O)c2ccccc2C(F)(F)F)cccc1C(=O)N1CCc2sccc2C1. The highest BCUT2D eigenvalue weighted by Crippen LogP contribution is 2.33. The van der Waals surface area contributed by atoms with E-state index in [-0.39, 0.29) is 5.91 Å². The van der Waals surface area contributed by atoms with Crippen LogP contribution >= 0.6 is 11.3 Å². The number of amides is 2. The fourth-order valence-corrected chi connectivity index (χ4v) is 4.60. The van der Waals surface area contributed by atoms with Crippen molar-refractivity contribution in [1.82, 2.24) is 4.90 Å². The van der Waals surface area contributed by atoms with E-state index in [0.717, 1.165) is 24.1 Å². The van der Waals surface area contributed by atoms with E-state index >= 15 is 0 Å². The van der Waals surface area contributed by atoms with Crippen molar-refractivity contribution in [3.8, 4) is 0 Å². The van der Waals surface area contributed by atoms with Gasteiger partial charge in [-0.25, -0.2) is 0 Å². The zero-order chi connectivity index (χ0) is 22.2. The molecule has 0 spiro atoms. The number of hydrogen-bond acceptors (Lipinski definition) is 3. The van der Waals surface area contributed by atoms with Crippen molar-refractivity contribution >= 4 is 28.8 Å². The minimum atomic E-state index is -4.64. The molecule has 2 heterocycles. The molecule has 1 aliphatic heterocycles. The van der Waals surface area contributed by atoms with Gasteiger partial charge in [-0.15, -0.1) is 11.3 Å². The second-order valence-corrected chi connectivity index (χ2v) is 8.32. The molecular weight excluding hydrogens is 425 g/mol. The molecule has 3 aromatic rings. The predicted octanol–water partition coefficient (Wildman–Crippen LogP) is 5.53. The Morgan fingerprint density at radius 1 is 1.03 bits per heavy atom. The van der Waals surface area contributed by atoms with Crippen LogP contribution in [0.3, 0.4) is 0 Å². The maximum Gasteiger partial charge on any atom is 0.417 e. The molecule has 0 bridgehead atoms. The molecule has 0 saturated heterocycles. The molecule has 1 aromatic heterocycles. The summed E-state index contributed by atoms with van der Waals surface area (Å²) in [5.74, 6) is -1.04. The third-order valence-electron chi connectivity index (χ3n) is 5.38. The monoisotopic (exact) mass is 444 g/mol. The number of fused-ring (bicyclic) bond motifs is 1. The lowest BCUT2D eigenvalue weighted by atomic mass is 10.0. The van der Waals surface area contributed by atoms with Gasteiger partial charge in [0.15, 0.2) is 0 Å². The zero-order valence-corrected chi connectivity index (χ0v) is 17.4. The molecule has 2 aromatic carbocycles. The van der Waals surface area contributed by atoms with E-state index in [1.165, 1.54) is 17.0 Å². The highest BCUT2D eigenvalue weighted by Gasteiger charge is 2.35. The smallest absolute Gasteiger partial charge is 0.334 e. The first-order valence-electron chi connectivity index (χ1n) is 9.67. The highest BCUT2D eigenvalue weighted by molar-refractivity contribution is 7.10. The summed E-state index contributed by atoms with van der Waals surface area (Å²) in [6.45, 7) is 2.80. The van der Waals surface area contributed by atoms with Crippen molar-refractivity contribution in [1.29, 1.82) is 0 Å². The van der Waals surface area contributed by atoms with Crippen LogP contribution in [0.5, 0.6) is 0 Å². The molecule has 0 aliphatic carbocycles. The van der Waals surface area contributed by atoms with Gasteiger partial charge in [-0.1, -0.05) is 18.2 Å². The molecule has 2 amide bonds. The number of rotatable bonds is 3. The molecule has 4 nitrogen and oxygen atoms in total. The molecule has 0 atom stereocenters. The molecule has 31 heavy (non-hydrogen) atoms. The second kappa shape index (κ2) is 8.19. The average Bonchev–Trinajstić information content (AvgIpc) is 3.22. The van der Waals surface area contributed by atoms with Crippen LogP contribution in [0.4, 0.5) is 18.9 Å². The van der Waals surface area contributed by atoms with Crippen LogP contribution in [-0.4, -0.2) is 23.3 Å². The van der Waals surface area contributed by atoms with Gasteiger partial charge in [0.1, 0.15) is 0 Å². The van der Waals surface area contributed by atoms with Crippen LogP contribution in [0.15, 0.2) is 53.9 Å². The third-order valence-corrected chi connectivity index (χ3v) is 6.41. The molecule has 0 unspecified atom stereocenters. The standard InChI is InChI=1S/C23H19F3N2O2S/c1-14-16(22(30)28-11-9-20-15(13-28)10-12-31-20)6-4-8-19(14)27-21(29)17-5-2-3-7-18(17)23(24,25)26/h2-8,10,12H,9,11,13H2,1H3,(H,27,29). The molecular formula is C23H19F3N2O2S. The van der Waals surface area contributed by atoms with Crippen LogP contribution in [0, 0.1) is 6.92 Å². The number of anilines is 1. The molecule has 0 saturated carbocycles. The van der Waals surface area contributed by atoms with E-state index in [4.69, 9.17) is 0 Å². The normalized spacial score (nSPS) is 13.6. The first-order valence-corrected chi connectivity index (χ1v) is 10.6. The number of hydrogen-bond donors (Lipinski definition) is 1. The maximum atomic E-state index is 13.3. The molecule has 4 rings (SSSR count). The Bertz CT molecular complexity index is 1150. The van der Waals surface area contributed by atoms with E-state index in [1.54, 1.807) is 41.4 Å². The lowest BCUT2D eigenvalue weighted by Gasteiger charge is -2.28. The minimum Gasteiger partial charge on any atom is -0.334 e. The molecule has 0 fully saturated rings. The number of benzene rings is 2. The lowest BCUT2D eigenvalue weighted by molar-refractivity contribution is -0.137. The first-order chi connectivity index (χ1) is 14.8. The van der Waals surface area contributed by atoms with Crippen LogP contribution in [0.2, 0.25) is 0 Å². The van der Waals surface area contributed by atoms with Gasteiger partial charge in [-0.05, 0) is 60.2 Å². The second-order valence-electron chi connectivity index (χ2n) is 7.32. The Kier molecular flexibility index (Phi) is 5.58. The van der Waals surface area contributed by atoms with Crippen molar-refractivity contribution in [2.24, 2.45) is 0 Å². The highest BCUT2D eigenvalue weighted by atomic mass is 32.1. The Morgan fingerprint density at radius 3 is 2.55 bits per heavy atom. The number of halogens is 3. The summed E-state index contributed by atoms with van der Waals surface area (Å²) in [7, 11) is 0.